The number of aliphatic hydroxyl groups is 1. The summed E-state index contributed by atoms with van der Waals surface area (Å²) >= 11 is 1.03. The summed E-state index contributed by atoms with van der Waals surface area (Å²) in [6, 6.07) is 19.6. The SMILES string of the molecule is O=C(Cc1ccccc1)N1c2ccc(C(O)(C(F)(F)F)C(F)(F)F)cc2SCC1c1ccccc1. The van der Waals surface area contributed by atoms with E-state index in [1.807, 2.05) is 0 Å². The van der Waals surface area contributed by atoms with Crippen molar-refractivity contribution in [3.05, 3.63) is 95.6 Å². The van der Waals surface area contributed by atoms with Gasteiger partial charge >= 0.3 is 12.4 Å². The Morgan fingerprint density at radius 2 is 1.46 bits per heavy atom. The highest BCUT2D eigenvalue weighted by Crippen LogP contribution is 2.52. The average molecular weight is 511 g/mol. The number of halogens is 6. The van der Waals surface area contributed by atoms with Crippen LogP contribution in [-0.2, 0) is 16.8 Å². The number of nitrogens with zero attached hydrogens (tertiary/aromatic N) is 1. The van der Waals surface area contributed by atoms with Crippen LogP contribution in [-0.4, -0.2) is 29.1 Å². The van der Waals surface area contributed by atoms with E-state index in [0.29, 0.717) is 17.7 Å². The second-order valence-corrected chi connectivity index (χ2v) is 9.11. The van der Waals surface area contributed by atoms with Crippen LogP contribution in [0.3, 0.4) is 0 Å². The van der Waals surface area contributed by atoms with Gasteiger partial charge in [0.1, 0.15) is 0 Å². The van der Waals surface area contributed by atoms with Crippen molar-refractivity contribution in [3.8, 4) is 0 Å². The summed E-state index contributed by atoms with van der Waals surface area (Å²) in [7, 11) is 0. The Hall–Kier alpha value is -2.98. The zero-order valence-electron chi connectivity index (χ0n) is 18.0. The molecular weight excluding hydrogens is 492 g/mol. The average Bonchev–Trinajstić information content (AvgIpc) is 2.82. The lowest BCUT2D eigenvalue weighted by molar-refractivity contribution is -0.376. The number of rotatable bonds is 4. The number of hydrogen-bond donors (Lipinski definition) is 1. The van der Waals surface area contributed by atoms with Gasteiger partial charge in [-0.2, -0.15) is 26.3 Å². The third-order valence-electron chi connectivity index (χ3n) is 5.82. The number of amides is 1. The van der Waals surface area contributed by atoms with E-state index < -0.39 is 29.6 Å². The molecule has 1 atom stereocenters. The molecule has 184 valence electrons. The first-order valence-electron chi connectivity index (χ1n) is 10.5. The lowest BCUT2D eigenvalue weighted by Gasteiger charge is -2.39. The standard InChI is InChI=1S/C25H19F6NO2S/c26-24(27,28)23(34,25(29,30)31)18-11-12-19-21(14-18)35-15-20(17-9-5-2-6-10-17)32(19)22(33)13-16-7-3-1-4-8-16/h1-12,14,20,34H,13,15H2. The largest absolute Gasteiger partial charge is 0.430 e. The van der Waals surface area contributed by atoms with E-state index >= 15 is 0 Å². The van der Waals surface area contributed by atoms with Gasteiger partial charge in [-0.1, -0.05) is 66.7 Å². The van der Waals surface area contributed by atoms with Crippen LogP contribution in [0, 0.1) is 0 Å². The van der Waals surface area contributed by atoms with Crippen molar-refractivity contribution < 1.29 is 36.2 Å². The second-order valence-electron chi connectivity index (χ2n) is 8.05. The zero-order valence-corrected chi connectivity index (χ0v) is 18.8. The molecule has 0 bridgehead atoms. The Labute approximate surface area is 201 Å². The Kier molecular flexibility index (Phi) is 6.63. The van der Waals surface area contributed by atoms with E-state index in [9.17, 15) is 36.2 Å². The number of carbonyl (C=O) groups excluding carboxylic acids is 1. The Morgan fingerprint density at radius 1 is 0.886 bits per heavy atom. The molecule has 1 heterocycles. The van der Waals surface area contributed by atoms with E-state index in [0.717, 1.165) is 23.4 Å². The van der Waals surface area contributed by atoms with Crippen LogP contribution in [0.4, 0.5) is 32.0 Å². The van der Waals surface area contributed by atoms with Crippen molar-refractivity contribution in [1.82, 2.24) is 0 Å². The highest BCUT2D eigenvalue weighted by molar-refractivity contribution is 7.99. The third-order valence-corrected chi connectivity index (χ3v) is 6.94. The number of anilines is 1. The minimum Gasteiger partial charge on any atom is -0.369 e. The normalized spacial score (nSPS) is 16.7. The van der Waals surface area contributed by atoms with Crippen molar-refractivity contribution in [2.45, 2.75) is 35.3 Å². The molecule has 1 unspecified atom stereocenters. The van der Waals surface area contributed by atoms with Gasteiger partial charge in [0.2, 0.25) is 5.91 Å². The van der Waals surface area contributed by atoms with Crippen LogP contribution in [0.25, 0.3) is 0 Å². The van der Waals surface area contributed by atoms with Gasteiger partial charge in [-0.15, -0.1) is 11.8 Å². The molecule has 1 aliphatic rings. The van der Waals surface area contributed by atoms with Gasteiger partial charge in [-0.25, -0.2) is 0 Å². The highest BCUT2D eigenvalue weighted by Gasteiger charge is 2.71. The van der Waals surface area contributed by atoms with E-state index in [1.54, 1.807) is 60.7 Å². The van der Waals surface area contributed by atoms with Crippen molar-refractivity contribution in [2.24, 2.45) is 0 Å². The number of benzene rings is 3. The van der Waals surface area contributed by atoms with Gasteiger partial charge in [0.05, 0.1) is 18.2 Å². The minimum absolute atomic E-state index is 0.00886. The van der Waals surface area contributed by atoms with Crippen molar-refractivity contribution in [3.63, 3.8) is 0 Å². The molecule has 0 saturated heterocycles. The molecule has 3 aromatic carbocycles. The fraction of sp³-hybridized carbons (Fsp3) is 0.240. The van der Waals surface area contributed by atoms with E-state index in [2.05, 4.69) is 0 Å². The van der Waals surface area contributed by atoms with Crippen LogP contribution < -0.4 is 4.90 Å². The molecule has 10 heteroatoms. The Bertz CT molecular complexity index is 1180. The van der Waals surface area contributed by atoms with Gasteiger partial charge in [-0.05, 0) is 23.3 Å². The maximum absolute atomic E-state index is 13.4. The molecular formula is C25H19F6NO2S. The smallest absolute Gasteiger partial charge is 0.369 e. The van der Waals surface area contributed by atoms with Crippen molar-refractivity contribution in [2.75, 3.05) is 10.7 Å². The summed E-state index contributed by atoms with van der Waals surface area (Å²) in [6.45, 7) is 0. The Balaban J connectivity index is 1.80. The minimum atomic E-state index is -5.99. The lowest BCUT2D eigenvalue weighted by atomic mass is 9.91. The van der Waals surface area contributed by atoms with Crippen molar-refractivity contribution >= 4 is 23.4 Å². The topological polar surface area (TPSA) is 40.5 Å². The molecule has 0 aromatic heterocycles. The van der Waals surface area contributed by atoms with Crippen LogP contribution in [0.1, 0.15) is 22.7 Å². The molecule has 0 aliphatic carbocycles. The third kappa shape index (κ3) is 4.64. The Morgan fingerprint density at radius 3 is 2.03 bits per heavy atom. The predicted octanol–water partition coefficient (Wildman–Crippen LogP) is 6.42. The highest BCUT2D eigenvalue weighted by atomic mass is 32.2. The first-order chi connectivity index (χ1) is 16.4. The monoisotopic (exact) mass is 511 g/mol. The predicted molar refractivity (Wildman–Crippen MR) is 120 cm³/mol. The second kappa shape index (κ2) is 9.23. The number of fused-ring (bicyclic) bond motifs is 1. The van der Waals surface area contributed by atoms with E-state index in [-0.39, 0.29) is 28.7 Å². The van der Waals surface area contributed by atoms with Gasteiger partial charge < -0.3 is 10.0 Å². The van der Waals surface area contributed by atoms with Gasteiger partial charge in [-0.3, -0.25) is 4.79 Å². The lowest BCUT2D eigenvalue weighted by Crippen LogP contribution is -2.54. The molecule has 0 spiro atoms. The zero-order chi connectivity index (χ0) is 25.4. The molecule has 1 aliphatic heterocycles. The van der Waals surface area contributed by atoms with Gasteiger partial charge in [0.15, 0.2) is 0 Å². The van der Waals surface area contributed by atoms with E-state index in [1.165, 1.54) is 4.90 Å². The summed E-state index contributed by atoms with van der Waals surface area (Å²) in [5, 5.41) is 9.82. The summed E-state index contributed by atoms with van der Waals surface area (Å²) in [5.41, 5.74) is -4.71. The van der Waals surface area contributed by atoms with Gasteiger partial charge in [0.25, 0.3) is 5.60 Å². The molecule has 1 N–H and O–H groups in total. The number of thioether (sulfide) groups is 1. The molecule has 1 amide bonds. The van der Waals surface area contributed by atoms with Crippen LogP contribution in [0.15, 0.2) is 83.8 Å². The molecule has 0 saturated carbocycles. The van der Waals surface area contributed by atoms with Crippen LogP contribution in [0.2, 0.25) is 0 Å². The fourth-order valence-electron chi connectivity index (χ4n) is 4.04. The first-order valence-corrected chi connectivity index (χ1v) is 11.5. The van der Waals surface area contributed by atoms with Crippen LogP contribution >= 0.6 is 11.8 Å². The van der Waals surface area contributed by atoms with Crippen LogP contribution in [0.5, 0.6) is 0 Å². The first kappa shape index (κ1) is 25.1. The molecule has 3 aromatic rings. The molecule has 3 nitrogen and oxygen atoms in total. The summed E-state index contributed by atoms with van der Waals surface area (Å²) in [6.07, 6.45) is -12.0. The number of carbonyl (C=O) groups is 1. The quantitative estimate of drug-likeness (QED) is 0.411. The maximum atomic E-state index is 13.4. The maximum Gasteiger partial charge on any atom is 0.430 e. The number of hydrogen-bond acceptors (Lipinski definition) is 3. The fourth-order valence-corrected chi connectivity index (χ4v) is 5.24. The van der Waals surface area contributed by atoms with E-state index in [4.69, 9.17) is 0 Å². The molecule has 4 rings (SSSR count). The molecule has 35 heavy (non-hydrogen) atoms. The summed E-state index contributed by atoms with van der Waals surface area (Å²) in [4.78, 5) is 14.9. The summed E-state index contributed by atoms with van der Waals surface area (Å²) in [5.74, 6) is -0.154. The summed E-state index contributed by atoms with van der Waals surface area (Å²) < 4.78 is 80.4. The van der Waals surface area contributed by atoms with Gasteiger partial charge in [0, 0.05) is 16.2 Å². The molecule has 0 fully saturated rings. The number of alkyl halides is 6. The van der Waals surface area contributed by atoms with Crippen molar-refractivity contribution in [1.29, 1.82) is 0 Å². The molecule has 0 radical (unpaired) electrons.